The summed E-state index contributed by atoms with van der Waals surface area (Å²) in [5.74, 6) is -0.456. The van der Waals surface area contributed by atoms with Gasteiger partial charge in [0.15, 0.2) is 5.75 Å². The average Bonchev–Trinajstić information content (AvgIpc) is 2.26. The van der Waals surface area contributed by atoms with Crippen molar-refractivity contribution < 1.29 is 9.13 Å². The predicted molar refractivity (Wildman–Crippen MR) is 62.9 cm³/mol. The van der Waals surface area contributed by atoms with Gasteiger partial charge in [0.25, 0.3) is 0 Å². The molecule has 0 fully saturated rings. The van der Waals surface area contributed by atoms with Gasteiger partial charge in [0.05, 0.1) is 10.7 Å². The SMILES string of the molecule is Nc1cc(Oc2nccc(Cl)n2)c(Cl)cc1F. The van der Waals surface area contributed by atoms with E-state index in [-0.39, 0.29) is 27.6 Å². The van der Waals surface area contributed by atoms with Gasteiger partial charge in [-0.3, -0.25) is 0 Å². The molecule has 2 N–H and O–H groups in total. The molecular formula is C10H6Cl2FN3O. The van der Waals surface area contributed by atoms with Gasteiger partial charge < -0.3 is 10.5 Å². The lowest BCUT2D eigenvalue weighted by molar-refractivity contribution is 0.441. The van der Waals surface area contributed by atoms with Crippen LogP contribution in [0.25, 0.3) is 0 Å². The second kappa shape index (κ2) is 4.73. The molecule has 0 saturated carbocycles. The normalized spacial score (nSPS) is 10.3. The molecule has 1 aromatic heterocycles. The van der Waals surface area contributed by atoms with Crippen molar-refractivity contribution in [2.45, 2.75) is 0 Å². The Morgan fingerprint density at radius 3 is 2.76 bits per heavy atom. The van der Waals surface area contributed by atoms with Crippen LogP contribution in [0.4, 0.5) is 10.1 Å². The second-order valence-corrected chi connectivity index (χ2v) is 3.86. The summed E-state index contributed by atoms with van der Waals surface area (Å²) in [6.07, 6.45) is 1.42. The third-order valence-electron chi connectivity index (χ3n) is 1.85. The highest BCUT2D eigenvalue weighted by molar-refractivity contribution is 6.32. The monoisotopic (exact) mass is 273 g/mol. The van der Waals surface area contributed by atoms with Gasteiger partial charge in [-0.1, -0.05) is 23.2 Å². The number of benzene rings is 1. The molecule has 88 valence electrons. The van der Waals surface area contributed by atoms with E-state index < -0.39 is 5.82 Å². The Hall–Kier alpha value is -1.59. The summed E-state index contributed by atoms with van der Waals surface area (Å²) in [6, 6.07) is 3.80. The maximum atomic E-state index is 13.0. The summed E-state index contributed by atoms with van der Waals surface area (Å²) >= 11 is 11.4. The van der Waals surface area contributed by atoms with Crippen molar-refractivity contribution in [1.29, 1.82) is 0 Å². The standard InChI is InChI=1S/C10H6Cl2FN3O/c11-5-3-6(13)7(14)4-8(5)17-10-15-2-1-9(12)16-10/h1-4H,14H2. The van der Waals surface area contributed by atoms with Crippen LogP contribution in [-0.4, -0.2) is 9.97 Å². The topological polar surface area (TPSA) is 61.0 Å². The first-order valence-electron chi connectivity index (χ1n) is 4.47. The van der Waals surface area contributed by atoms with E-state index in [4.69, 9.17) is 33.7 Å². The summed E-state index contributed by atoms with van der Waals surface area (Å²) < 4.78 is 18.3. The molecule has 1 aromatic carbocycles. The molecular weight excluding hydrogens is 268 g/mol. The van der Waals surface area contributed by atoms with E-state index in [1.165, 1.54) is 18.3 Å². The maximum Gasteiger partial charge on any atom is 0.323 e. The number of anilines is 1. The van der Waals surface area contributed by atoms with Crippen LogP contribution in [0, 0.1) is 5.82 Å². The molecule has 0 atom stereocenters. The molecule has 1 heterocycles. The van der Waals surface area contributed by atoms with E-state index in [1.807, 2.05) is 0 Å². The molecule has 0 aliphatic heterocycles. The molecule has 4 nitrogen and oxygen atoms in total. The molecule has 0 radical (unpaired) electrons. The van der Waals surface area contributed by atoms with E-state index in [2.05, 4.69) is 9.97 Å². The molecule has 0 unspecified atom stereocenters. The lowest BCUT2D eigenvalue weighted by atomic mass is 10.3. The molecule has 7 heteroatoms. The van der Waals surface area contributed by atoms with Gasteiger partial charge in [-0.2, -0.15) is 4.98 Å². The Morgan fingerprint density at radius 1 is 1.29 bits per heavy atom. The number of hydrogen-bond donors (Lipinski definition) is 1. The van der Waals surface area contributed by atoms with Gasteiger partial charge in [-0.05, 0) is 12.1 Å². The lowest BCUT2D eigenvalue weighted by Crippen LogP contribution is -1.95. The smallest absolute Gasteiger partial charge is 0.323 e. The molecule has 2 rings (SSSR count). The Balaban J connectivity index is 2.33. The number of nitrogen functional groups attached to an aromatic ring is 1. The fraction of sp³-hybridized carbons (Fsp3) is 0. The minimum absolute atomic E-state index is 0.00501. The molecule has 0 aliphatic carbocycles. The van der Waals surface area contributed by atoms with Gasteiger partial charge in [0.2, 0.25) is 0 Å². The Morgan fingerprint density at radius 2 is 2.06 bits per heavy atom. The summed E-state index contributed by atoms with van der Waals surface area (Å²) in [4.78, 5) is 7.62. The Kier molecular flexibility index (Phi) is 3.31. The van der Waals surface area contributed by atoms with E-state index in [0.29, 0.717) is 0 Å². The third-order valence-corrected chi connectivity index (χ3v) is 2.36. The van der Waals surface area contributed by atoms with Crippen LogP contribution in [0.2, 0.25) is 10.2 Å². The number of nitrogens with zero attached hydrogens (tertiary/aromatic N) is 2. The highest BCUT2D eigenvalue weighted by Crippen LogP contribution is 2.31. The summed E-state index contributed by atoms with van der Waals surface area (Å²) in [7, 11) is 0. The molecule has 0 saturated heterocycles. The van der Waals surface area contributed by atoms with Crippen molar-refractivity contribution in [1.82, 2.24) is 9.97 Å². The van der Waals surface area contributed by atoms with Crippen LogP contribution < -0.4 is 10.5 Å². The summed E-state index contributed by atoms with van der Waals surface area (Å²) in [5.41, 5.74) is 5.32. The largest absolute Gasteiger partial charge is 0.423 e. The number of aromatic nitrogens is 2. The Bertz CT molecular complexity index is 565. The first-order chi connectivity index (χ1) is 8.06. The first kappa shape index (κ1) is 11.9. The highest BCUT2D eigenvalue weighted by Gasteiger charge is 2.10. The van der Waals surface area contributed by atoms with Gasteiger partial charge in [-0.25, -0.2) is 9.37 Å². The number of ether oxygens (including phenoxy) is 1. The summed E-state index contributed by atoms with van der Waals surface area (Å²) in [5, 5.41) is 0.293. The van der Waals surface area contributed by atoms with Crippen LogP contribution in [0.15, 0.2) is 24.4 Å². The zero-order valence-corrected chi connectivity index (χ0v) is 9.84. The van der Waals surface area contributed by atoms with E-state index in [0.717, 1.165) is 6.07 Å². The number of hydrogen-bond acceptors (Lipinski definition) is 4. The van der Waals surface area contributed by atoms with Crippen molar-refractivity contribution in [2.24, 2.45) is 0 Å². The molecule has 17 heavy (non-hydrogen) atoms. The average molecular weight is 274 g/mol. The van der Waals surface area contributed by atoms with Crippen LogP contribution in [0.3, 0.4) is 0 Å². The first-order valence-corrected chi connectivity index (χ1v) is 5.23. The Labute approximate surface area is 106 Å². The van der Waals surface area contributed by atoms with E-state index >= 15 is 0 Å². The molecule has 2 aromatic rings. The van der Waals surface area contributed by atoms with E-state index in [9.17, 15) is 4.39 Å². The zero-order chi connectivity index (χ0) is 12.4. The summed E-state index contributed by atoms with van der Waals surface area (Å²) in [6.45, 7) is 0. The number of halogens is 3. The van der Waals surface area contributed by atoms with Crippen LogP contribution in [0.5, 0.6) is 11.8 Å². The molecule has 0 spiro atoms. The molecule has 0 aliphatic rings. The molecule has 0 bridgehead atoms. The fourth-order valence-electron chi connectivity index (χ4n) is 1.09. The molecule has 0 amide bonds. The van der Waals surface area contributed by atoms with E-state index in [1.54, 1.807) is 0 Å². The van der Waals surface area contributed by atoms with Crippen molar-refractivity contribution >= 4 is 28.9 Å². The third kappa shape index (κ3) is 2.75. The predicted octanol–water partition coefficient (Wildman–Crippen LogP) is 3.30. The van der Waals surface area contributed by atoms with Gasteiger partial charge >= 0.3 is 6.01 Å². The quantitative estimate of drug-likeness (QED) is 0.674. The van der Waals surface area contributed by atoms with Crippen molar-refractivity contribution in [2.75, 3.05) is 5.73 Å². The van der Waals surface area contributed by atoms with Crippen LogP contribution in [-0.2, 0) is 0 Å². The zero-order valence-electron chi connectivity index (χ0n) is 8.32. The maximum absolute atomic E-state index is 13.0. The number of rotatable bonds is 2. The lowest BCUT2D eigenvalue weighted by Gasteiger charge is -2.07. The van der Waals surface area contributed by atoms with Gasteiger partial charge in [0, 0.05) is 12.3 Å². The van der Waals surface area contributed by atoms with Crippen LogP contribution in [0.1, 0.15) is 0 Å². The van der Waals surface area contributed by atoms with Gasteiger partial charge in [0.1, 0.15) is 11.0 Å². The highest BCUT2D eigenvalue weighted by atomic mass is 35.5. The minimum atomic E-state index is -0.616. The fourth-order valence-corrected chi connectivity index (χ4v) is 1.41. The van der Waals surface area contributed by atoms with Crippen molar-refractivity contribution in [3.8, 4) is 11.8 Å². The van der Waals surface area contributed by atoms with Crippen molar-refractivity contribution in [3.05, 3.63) is 40.4 Å². The van der Waals surface area contributed by atoms with Crippen LogP contribution >= 0.6 is 23.2 Å². The second-order valence-electron chi connectivity index (χ2n) is 3.07. The minimum Gasteiger partial charge on any atom is -0.423 e. The van der Waals surface area contributed by atoms with Crippen molar-refractivity contribution in [3.63, 3.8) is 0 Å². The van der Waals surface area contributed by atoms with Gasteiger partial charge in [-0.15, -0.1) is 0 Å². The number of nitrogens with two attached hydrogens (primary N) is 1.